The summed E-state index contributed by atoms with van der Waals surface area (Å²) in [6.45, 7) is 4.99. The average Bonchev–Trinajstić information content (AvgIpc) is 2.62. The van der Waals surface area contributed by atoms with Gasteiger partial charge < -0.3 is 15.6 Å². The lowest BCUT2D eigenvalue weighted by atomic mass is 9.97. The zero-order chi connectivity index (χ0) is 12.2. The Kier molecular flexibility index (Phi) is 4.32. The van der Waals surface area contributed by atoms with Crippen LogP contribution < -0.4 is 10.5 Å². The highest BCUT2D eigenvalue weighted by molar-refractivity contribution is 5.30. The van der Waals surface area contributed by atoms with Crippen LogP contribution in [0.4, 0.5) is 0 Å². The number of ether oxygens (including phenoxy) is 1. The molecule has 0 aliphatic rings. The van der Waals surface area contributed by atoms with Crippen LogP contribution in [0.2, 0.25) is 0 Å². The van der Waals surface area contributed by atoms with Gasteiger partial charge in [-0.05, 0) is 26.3 Å². The molecule has 1 aromatic heterocycles. The normalized spacial score (nSPS) is 14.8. The Labute approximate surface area is 96.2 Å². The minimum atomic E-state index is -0.994. The number of rotatable bonds is 6. The van der Waals surface area contributed by atoms with Gasteiger partial charge in [-0.2, -0.15) is 5.10 Å². The summed E-state index contributed by atoms with van der Waals surface area (Å²) in [5.74, 6) is 0.618. The van der Waals surface area contributed by atoms with Crippen molar-refractivity contribution in [3.8, 4) is 5.75 Å². The van der Waals surface area contributed by atoms with Crippen molar-refractivity contribution in [1.29, 1.82) is 0 Å². The third-order valence-corrected chi connectivity index (χ3v) is 2.60. The van der Waals surface area contributed by atoms with E-state index in [1.807, 2.05) is 0 Å². The highest BCUT2D eigenvalue weighted by Crippen LogP contribution is 2.32. The molecule has 5 heteroatoms. The van der Waals surface area contributed by atoms with Gasteiger partial charge in [0.1, 0.15) is 11.3 Å². The van der Waals surface area contributed by atoms with Crippen LogP contribution in [0.3, 0.4) is 0 Å². The largest absolute Gasteiger partial charge is 0.493 e. The van der Waals surface area contributed by atoms with Crippen molar-refractivity contribution in [3.05, 3.63) is 11.9 Å². The second-order valence-corrected chi connectivity index (χ2v) is 4.10. The van der Waals surface area contributed by atoms with E-state index >= 15 is 0 Å². The maximum absolute atomic E-state index is 10.4. The van der Waals surface area contributed by atoms with Gasteiger partial charge in [-0.1, -0.05) is 6.92 Å². The molecule has 1 heterocycles. The SMILES string of the molecule is CCCn1ncc(OC)c1C(C)(O)CCN. The third-order valence-electron chi connectivity index (χ3n) is 2.60. The molecular formula is C11H21N3O2. The highest BCUT2D eigenvalue weighted by atomic mass is 16.5. The fourth-order valence-electron chi connectivity index (χ4n) is 1.84. The van der Waals surface area contributed by atoms with Crippen molar-refractivity contribution < 1.29 is 9.84 Å². The van der Waals surface area contributed by atoms with E-state index in [0.717, 1.165) is 13.0 Å². The molecule has 0 aliphatic carbocycles. The van der Waals surface area contributed by atoms with Crippen LogP contribution in [0.15, 0.2) is 6.20 Å². The van der Waals surface area contributed by atoms with Crippen molar-refractivity contribution in [1.82, 2.24) is 9.78 Å². The first-order chi connectivity index (χ1) is 7.56. The molecule has 0 saturated carbocycles. The topological polar surface area (TPSA) is 73.3 Å². The monoisotopic (exact) mass is 227 g/mol. The summed E-state index contributed by atoms with van der Waals surface area (Å²) in [6, 6.07) is 0. The predicted octanol–water partition coefficient (Wildman–Crippen LogP) is 0.858. The minimum absolute atomic E-state index is 0.424. The molecule has 0 saturated heterocycles. The van der Waals surface area contributed by atoms with Crippen molar-refractivity contribution in [3.63, 3.8) is 0 Å². The Bertz CT molecular complexity index is 334. The number of aryl methyl sites for hydroxylation is 1. The molecule has 1 aromatic rings. The second kappa shape index (κ2) is 5.32. The first-order valence-corrected chi connectivity index (χ1v) is 5.59. The lowest BCUT2D eigenvalue weighted by Crippen LogP contribution is -2.29. The Balaban J connectivity index is 3.11. The van der Waals surface area contributed by atoms with E-state index in [4.69, 9.17) is 10.5 Å². The molecule has 0 bridgehead atoms. The standard InChI is InChI=1S/C11H21N3O2/c1-4-7-14-10(9(16-3)8-13-14)11(2,15)5-6-12/h8,15H,4-7,12H2,1-3H3. The zero-order valence-corrected chi connectivity index (χ0v) is 10.2. The molecule has 0 spiro atoms. The molecular weight excluding hydrogens is 206 g/mol. The van der Waals surface area contributed by atoms with Crippen LogP contribution in [0.25, 0.3) is 0 Å². The Morgan fingerprint density at radius 3 is 2.81 bits per heavy atom. The molecule has 16 heavy (non-hydrogen) atoms. The van der Waals surface area contributed by atoms with Crippen LogP contribution in [0.1, 0.15) is 32.4 Å². The Morgan fingerprint density at radius 1 is 1.62 bits per heavy atom. The van der Waals surface area contributed by atoms with Crippen LogP contribution in [0, 0.1) is 0 Å². The maximum atomic E-state index is 10.4. The lowest BCUT2D eigenvalue weighted by Gasteiger charge is -2.24. The smallest absolute Gasteiger partial charge is 0.162 e. The van der Waals surface area contributed by atoms with Crippen LogP contribution in [0.5, 0.6) is 5.75 Å². The molecule has 0 fully saturated rings. The molecule has 1 rings (SSSR count). The predicted molar refractivity (Wildman–Crippen MR) is 62.3 cm³/mol. The van der Waals surface area contributed by atoms with Gasteiger partial charge >= 0.3 is 0 Å². The molecule has 0 aromatic carbocycles. The summed E-state index contributed by atoms with van der Waals surface area (Å²) in [5, 5.41) is 14.6. The van der Waals surface area contributed by atoms with Gasteiger partial charge in [-0.15, -0.1) is 0 Å². The van der Waals surface area contributed by atoms with Gasteiger partial charge in [0.05, 0.1) is 13.3 Å². The number of aromatic nitrogens is 2. The van der Waals surface area contributed by atoms with Gasteiger partial charge in [-0.3, -0.25) is 4.68 Å². The van der Waals surface area contributed by atoms with E-state index in [0.29, 0.717) is 24.4 Å². The Morgan fingerprint density at radius 2 is 2.31 bits per heavy atom. The fourth-order valence-corrected chi connectivity index (χ4v) is 1.84. The second-order valence-electron chi connectivity index (χ2n) is 4.10. The van der Waals surface area contributed by atoms with Crippen LogP contribution in [-0.4, -0.2) is 28.5 Å². The van der Waals surface area contributed by atoms with Gasteiger partial charge in [0.15, 0.2) is 5.75 Å². The summed E-state index contributed by atoms with van der Waals surface area (Å²) < 4.78 is 7.01. The number of hydrogen-bond acceptors (Lipinski definition) is 4. The quantitative estimate of drug-likeness (QED) is 0.756. The maximum Gasteiger partial charge on any atom is 0.162 e. The molecule has 0 radical (unpaired) electrons. The fraction of sp³-hybridized carbons (Fsp3) is 0.727. The van der Waals surface area contributed by atoms with Crippen LogP contribution >= 0.6 is 0 Å². The van der Waals surface area contributed by atoms with Gasteiger partial charge in [0, 0.05) is 6.54 Å². The summed E-state index contributed by atoms with van der Waals surface area (Å²) >= 11 is 0. The van der Waals surface area contributed by atoms with E-state index in [2.05, 4.69) is 12.0 Å². The molecule has 1 unspecified atom stereocenters. The van der Waals surface area contributed by atoms with E-state index in [9.17, 15) is 5.11 Å². The van der Waals surface area contributed by atoms with E-state index in [1.54, 1.807) is 24.9 Å². The minimum Gasteiger partial charge on any atom is -0.493 e. The molecule has 0 aliphatic heterocycles. The highest BCUT2D eigenvalue weighted by Gasteiger charge is 2.30. The van der Waals surface area contributed by atoms with Crippen molar-refractivity contribution in [2.75, 3.05) is 13.7 Å². The van der Waals surface area contributed by atoms with E-state index in [1.165, 1.54) is 0 Å². The summed E-state index contributed by atoms with van der Waals surface area (Å²) in [5.41, 5.74) is 5.22. The Hall–Kier alpha value is -1.07. The number of nitrogens with two attached hydrogens (primary N) is 1. The number of nitrogens with zero attached hydrogens (tertiary/aromatic N) is 2. The molecule has 0 amide bonds. The first kappa shape index (κ1) is 13.0. The zero-order valence-electron chi connectivity index (χ0n) is 10.2. The molecule has 5 nitrogen and oxygen atoms in total. The van der Waals surface area contributed by atoms with Crippen LogP contribution in [-0.2, 0) is 12.1 Å². The molecule has 3 N–H and O–H groups in total. The first-order valence-electron chi connectivity index (χ1n) is 5.59. The average molecular weight is 227 g/mol. The van der Waals surface area contributed by atoms with Gasteiger partial charge in [0.2, 0.25) is 0 Å². The van der Waals surface area contributed by atoms with Gasteiger partial charge in [-0.25, -0.2) is 0 Å². The van der Waals surface area contributed by atoms with Crippen molar-refractivity contribution >= 4 is 0 Å². The van der Waals surface area contributed by atoms with E-state index < -0.39 is 5.60 Å². The van der Waals surface area contributed by atoms with Gasteiger partial charge in [0.25, 0.3) is 0 Å². The summed E-state index contributed by atoms with van der Waals surface area (Å²) in [7, 11) is 1.58. The van der Waals surface area contributed by atoms with Crippen molar-refractivity contribution in [2.24, 2.45) is 5.73 Å². The lowest BCUT2D eigenvalue weighted by molar-refractivity contribution is 0.0382. The molecule has 92 valence electrons. The number of methoxy groups -OCH3 is 1. The summed E-state index contributed by atoms with van der Waals surface area (Å²) in [4.78, 5) is 0. The molecule has 1 atom stereocenters. The van der Waals surface area contributed by atoms with E-state index in [-0.39, 0.29) is 0 Å². The third kappa shape index (κ3) is 2.54. The number of hydrogen-bond donors (Lipinski definition) is 2. The number of aliphatic hydroxyl groups is 1. The van der Waals surface area contributed by atoms with Crippen molar-refractivity contribution in [2.45, 2.75) is 38.8 Å². The summed E-state index contributed by atoms with van der Waals surface area (Å²) in [6.07, 6.45) is 3.07.